The second-order valence-corrected chi connectivity index (χ2v) is 12.4. The first kappa shape index (κ1) is 44.0. The molecule has 14 heteroatoms. The fourth-order valence-electron chi connectivity index (χ4n) is 4.71. The van der Waals surface area contributed by atoms with E-state index in [2.05, 4.69) is 50.3 Å². The molecule has 0 bridgehead atoms. The average molecular weight is 752 g/mol. The molecule has 12 nitrogen and oxygen atoms in total. The van der Waals surface area contributed by atoms with E-state index in [1.54, 1.807) is 18.2 Å². The lowest BCUT2D eigenvalue weighted by Gasteiger charge is -2.28. The molecular formula is C36H48BBrN6O6. The standard InChI is InChI=1S/C12H12N2O.C12H18N2.C6H8BNO3.C6H6BrN.2H2O/c1-9-5-6-12(13-8-9)10-3-2-4-11(7-10)14-15;1-9-5-6-12(14-8-9)10-3-2-4-11(13)7-10;9-7(10)5-2-1-3-6(4-5)8-11;1-5-2-3-6(7)8-4-5;;/h2-8H,14H2,1H3;2-4,7,9,12,14H,5-6,8,13H2,1H3;1-4,9-10H,8H2;2-4H,1H3;2*1H2/t;9-,12+;;;;/m.0..../s1. The second-order valence-electron chi connectivity index (χ2n) is 11.6. The molecule has 268 valence electrons. The lowest BCUT2D eigenvalue weighted by molar-refractivity contribution is -0.497. The molecule has 0 radical (unpaired) electrons. The van der Waals surface area contributed by atoms with Crippen molar-refractivity contribution in [3.8, 4) is 11.3 Å². The van der Waals surface area contributed by atoms with Crippen LogP contribution in [0.5, 0.6) is 0 Å². The van der Waals surface area contributed by atoms with Crippen LogP contribution in [0.1, 0.15) is 42.5 Å². The smallest absolute Gasteiger partial charge is 0.488 e. The Balaban J connectivity index is 0.000000337. The van der Waals surface area contributed by atoms with Gasteiger partial charge in [0.2, 0.25) is 0 Å². The zero-order chi connectivity index (χ0) is 34.9. The number of piperidine rings is 1. The summed E-state index contributed by atoms with van der Waals surface area (Å²) in [7, 11) is -1.50. The minimum atomic E-state index is -1.50. The highest BCUT2D eigenvalue weighted by molar-refractivity contribution is 9.10. The molecule has 50 heavy (non-hydrogen) atoms. The van der Waals surface area contributed by atoms with Crippen molar-refractivity contribution >= 4 is 45.6 Å². The van der Waals surface area contributed by atoms with Crippen LogP contribution >= 0.6 is 15.9 Å². The summed E-state index contributed by atoms with van der Waals surface area (Å²) >= 11 is 3.23. The van der Waals surface area contributed by atoms with Crippen LogP contribution in [0.25, 0.3) is 11.3 Å². The average Bonchev–Trinajstić information content (AvgIpc) is 3.11. The molecule has 0 aliphatic carbocycles. The third-order valence-electron chi connectivity index (χ3n) is 7.42. The molecule has 1 aliphatic rings. The van der Waals surface area contributed by atoms with Gasteiger partial charge in [-0.25, -0.2) is 4.98 Å². The van der Waals surface area contributed by atoms with E-state index in [-0.39, 0.29) is 11.0 Å². The minimum Gasteiger partial charge on any atom is -0.630 e. The van der Waals surface area contributed by atoms with Crippen molar-refractivity contribution in [2.75, 3.05) is 12.3 Å². The number of nitrogens with one attached hydrogen (secondary N) is 1. The summed E-state index contributed by atoms with van der Waals surface area (Å²) in [5.74, 6) is 0.812. The number of nitrogens with two attached hydrogens (primary N) is 3. The van der Waals surface area contributed by atoms with Gasteiger partial charge in [0.25, 0.3) is 0 Å². The normalized spacial score (nSPS) is 14.4. The Bertz CT molecular complexity index is 1640. The highest BCUT2D eigenvalue weighted by Gasteiger charge is 2.18. The summed E-state index contributed by atoms with van der Waals surface area (Å²) in [6, 6.07) is 30.2. The van der Waals surface area contributed by atoms with E-state index in [0.29, 0.717) is 28.4 Å². The number of nitrogen functional groups attached to an aromatic ring is 1. The van der Waals surface area contributed by atoms with Crippen molar-refractivity contribution in [2.45, 2.75) is 39.7 Å². The number of benzene rings is 3. The van der Waals surface area contributed by atoms with E-state index in [1.165, 1.54) is 36.1 Å². The molecule has 0 saturated carbocycles. The highest BCUT2D eigenvalue weighted by Crippen LogP contribution is 2.26. The Morgan fingerprint density at radius 3 is 1.94 bits per heavy atom. The van der Waals surface area contributed by atoms with Crippen molar-refractivity contribution in [3.05, 3.63) is 141 Å². The number of halogens is 1. The number of rotatable bonds is 5. The number of quaternary nitrogens is 2. The molecule has 1 fully saturated rings. The van der Waals surface area contributed by atoms with Crippen LogP contribution < -0.4 is 27.5 Å². The summed E-state index contributed by atoms with van der Waals surface area (Å²) in [4.78, 5) is 8.30. The van der Waals surface area contributed by atoms with Crippen LogP contribution in [0.3, 0.4) is 0 Å². The molecule has 0 amide bonds. The third-order valence-corrected chi connectivity index (χ3v) is 7.89. The Hall–Kier alpha value is -4.06. The first-order valence-electron chi connectivity index (χ1n) is 15.6. The highest BCUT2D eigenvalue weighted by atomic mass is 79.9. The number of nitrogens with zero attached hydrogens (tertiary/aromatic N) is 2. The fourth-order valence-corrected chi connectivity index (χ4v) is 4.95. The molecule has 0 spiro atoms. The largest absolute Gasteiger partial charge is 0.630 e. The summed E-state index contributed by atoms with van der Waals surface area (Å²) in [5, 5.41) is 41.8. The lowest BCUT2D eigenvalue weighted by atomic mass is 9.80. The minimum absolute atomic E-state index is 0. The van der Waals surface area contributed by atoms with Gasteiger partial charge in [0.15, 0.2) is 0 Å². The quantitative estimate of drug-likeness (QED) is 0.0673. The first-order valence-corrected chi connectivity index (χ1v) is 16.4. The van der Waals surface area contributed by atoms with Crippen LogP contribution in [0.15, 0.2) is 114 Å². The van der Waals surface area contributed by atoms with Gasteiger partial charge in [-0.1, -0.05) is 55.5 Å². The van der Waals surface area contributed by atoms with Crippen LogP contribution in [-0.4, -0.2) is 44.6 Å². The maximum atomic E-state index is 10.6. The predicted molar refractivity (Wildman–Crippen MR) is 204 cm³/mol. The van der Waals surface area contributed by atoms with Crippen molar-refractivity contribution < 1.29 is 32.0 Å². The number of anilines is 1. The molecule has 2 atom stereocenters. The Labute approximate surface area is 302 Å². The van der Waals surface area contributed by atoms with Gasteiger partial charge in [-0.3, -0.25) is 4.98 Å². The number of aromatic nitrogens is 2. The lowest BCUT2D eigenvalue weighted by Crippen LogP contribution is -2.70. The molecule has 1 aliphatic heterocycles. The second kappa shape index (κ2) is 23.4. The number of hydrogen-bond acceptors (Lipinski definition) is 8. The Morgan fingerprint density at radius 2 is 1.42 bits per heavy atom. The van der Waals surface area contributed by atoms with Crippen LogP contribution in [0.2, 0.25) is 0 Å². The number of hydrogen-bond donors (Lipinski definition) is 6. The molecule has 6 rings (SSSR count). The van der Waals surface area contributed by atoms with Crippen molar-refractivity contribution in [1.29, 1.82) is 0 Å². The zero-order valence-corrected chi connectivity index (χ0v) is 30.0. The van der Waals surface area contributed by atoms with Gasteiger partial charge in [-0.2, -0.15) is 0 Å². The van der Waals surface area contributed by atoms with Gasteiger partial charge in [0.1, 0.15) is 16.0 Å². The summed E-state index contributed by atoms with van der Waals surface area (Å²) in [6.45, 7) is 7.43. The Kier molecular flexibility index (Phi) is 20.5. The summed E-state index contributed by atoms with van der Waals surface area (Å²) < 4.78 is 0.892. The molecule has 0 unspecified atom stereocenters. The maximum Gasteiger partial charge on any atom is 0.488 e. The van der Waals surface area contributed by atoms with E-state index in [4.69, 9.17) is 15.8 Å². The van der Waals surface area contributed by atoms with Crippen molar-refractivity contribution in [2.24, 2.45) is 5.92 Å². The number of aryl methyl sites for hydroxylation is 2. The van der Waals surface area contributed by atoms with Crippen LogP contribution in [-0.2, 0) is 0 Å². The molecule has 3 aromatic carbocycles. The first-order chi connectivity index (χ1) is 23.1. The van der Waals surface area contributed by atoms with Gasteiger partial charge >= 0.3 is 7.12 Å². The molecule has 3 heterocycles. The zero-order valence-electron chi connectivity index (χ0n) is 28.5. The molecule has 13 N–H and O–H groups in total. The molecular weight excluding hydrogens is 703 g/mol. The van der Waals surface area contributed by atoms with Crippen molar-refractivity contribution in [1.82, 2.24) is 15.3 Å². The predicted octanol–water partition coefficient (Wildman–Crippen LogP) is 2.64. The van der Waals surface area contributed by atoms with Crippen LogP contribution in [0.4, 0.5) is 17.1 Å². The third kappa shape index (κ3) is 15.7. The van der Waals surface area contributed by atoms with E-state index in [0.717, 1.165) is 45.1 Å². The SMILES string of the molecule is C[C@H]1CC[C@H](c2cccc(N)c2)NC1.Cc1ccc(-c2cccc([NH2+][O-])c2)nc1.Cc1ccc(Br)nc1.O.O.[O-][NH2+]c1cccc(B(O)O)c1. The van der Waals surface area contributed by atoms with E-state index in [9.17, 15) is 10.4 Å². The van der Waals surface area contributed by atoms with Gasteiger partial charge in [-0.05, 0) is 120 Å². The molecule has 2 aromatic heterocycles. The van der Waals surface area contributed by atoms with Crippen LogP contribution in [0, 0.1) is 30.2 Å². The van der Waals surface area contributed by atoms with E-state index >= 15 is 0 Å². The van der Waals surface area contributed by atoms with Gasteiger partial charge in [0.05, 0.1) is 5.69 Å². The topological polar surface area (TPSA) is 247 Å². The molecule has 1 saturated heterocycles. The van der Waals surface area contributed by atoms with Crippen molar-refractivity contribution in [3.63, 3.8) is 0 Å². The van der Waals surface area contributed by atoms with E-state index < -0.39 is 7.12 Å². The van der Waals surface area contributed by atoms with E-state index in [1.807, 2.05) is 80.8 Å². The Morgan fingerprint density at radius 1 is 0.800 bits per heavy atom. The monoisotopic (exact) mass is 750 g/mol. The summed E-state index contributed by atoms with van der Waals surface area (Å²) in [6.07, 6.45) is 6.18. The molecule has 5 aromatic rings. The fraction of sp³-hybridized carbons (Fsp3) is 0.222. The summed E-state index contributed by atoms with van der Waals surface area (Å²) in [5.41, 5.74) is 15.1. The number of pyridine rings is 2. The van der Waals surface area contributed by atoms with Gasteiger partial charge in [-0.15, -0.1) is 0 Å². The maximum absolute atomic E-state index is 10.6. The van der Waals surface area contributed by atoms with Gasteiger partial charge in [0, 0.05) is 35.8 Å². The van der Waals surface area contributed by atoms with Gasteiger partial charge < -0.3 is 53.4 Å².